The van der Waals surface area contributed by atoms with Gasteiger partial charge in [-0.15, -0.1) is 11.3 Å². The molecule has 23 heavy (non-hydrogen) atoms. The summed E-state index contributed by atoms with van der Waals surface area (Å²) in [5, 5.41) is 14.3. The first kappa shape index (κ1) is 17.3. The Balaban J connectivity index is 1.34. The summed E-state index contributed by atoms with van der Waals surface area (Å²) in [6.45, 7) is 5.92. The van der Waals surface area contributed by atoms with Crippen LogP contribution in [0, 0.1) is 0 Å². The fourth-order valence-corrected chi connectivity index (χ4v) is 4.98. The van der Waals surface area contributed by atoms with Gasteiger partial charge in [0, 0.05) is 10.9 Å². The van der Waals surface area contributed by atoms with Crippen molar-refractivity contribution in [1.82, 2.24) is 15.2 Å². The Labute approximate surface area is 144 Å². The summed E-state index contributed by atoms with van der Waals surface area (Å²) in [5.41, 5.74) is 1.37. The Morgan fingerprint density at radius 2 is 2.17 bits per heavy atom. The number of nitrogens with zero attached hydrogens (tertiary/aromatic N) is 2. The van der Waals surface area contributed by atoms with Gasteiger partial charge in [-0.3, -0.25) is 4.90 Å². The molecule has 5 heteroatoms. The SMILES string of the molecule is CC(NCCCCN1CCCC1CO)c1nc2c(s1)CCCC2. The molecule has 2 heterocycles. The van der Waals surface area contributed by atoms with Crippen molar-refractivity contribution in [3.05, 3.63) is 15.6 Å². The second-order valence-electron chi connectivity index (χ2n) is 7.03. The molecular formula is C18H31N3OS. The first-order valence-electron chi connectivity index (χ1n) is 9.34. The molecule has 2 N–H and O–H groups in total. The first-order valence-corrected chi connectivity index (χ1v) is 10.2. The summed E-state index contributed by atoms with van der Waals surface area (Å²) in [6.07, 6.45) is 9.89. The van der Waals surface area contributed by atoms with Gasteiger partial charge < -0.3 is 10.4 Å². The second kappa shape index (κ2) is 8.56. The van der Waals surface area contributed by atoms with Crippen LogP contribution in [-0.4, -0.2) is 47.3 Å². The number of hydrogen-bond donors (Lipinski definition) is 2. The van der Waals surface area contributed by atoms with Crippen molar-refractivity contribution in [2.45, 2.75) is 70.4 Å². The van der Waals surface area contributed by atoms with Gasteiger partial charge in [-0.25, -0.2) is 4.98 Å². The number of likely N-dealkylation sites (tertiary alicyclic amines) is 1. The van der Waals surface area contributed by atoms with Crippen LogP contribution in [-0.2, 0) is 12.8 Å². The molecule has 1 aliphatic carbocycles. The predicted molar refractivity (Wildman–Crippen MR) is 96.1 cm³/mol. The van der Waals surface area contributed by atoms with Crippen LogP contribution in [0.25, 0.3) is 0 Å². The van der Waals surface area contributed by atoms with E-state index in [1.807, 2.05) is 11.3 Å². The molecule has 0 bridgehead atoms. The van der Waals surface area contributed by atoms with Gasteiger partial charge in [-0.1, -0.05) is 0 Å². The maximum absolute atomic E-state index is 9.35. The van der Waals surface area contributed by atoms with Crippen molar-refractivity contribution in [3.63, 3.8) is 0 Å². The van der Waals surface area contributed by atoms with Crippen LogP contribution in [0.4, 0.5) is 0 Å². The maximum Gasteiger partial charge on any atom is 0.110 e. The minimum atomic E-state index is 0.323. The highest BCUT2D eigenvalue weighted by atomic mass is 32.1. The molecule has 0 amide bonds. The molecule has 0 spiro atoms. The van der Waals surface area contributed by atoms with Gasteiger partial charge in [0.2, 0.25) is 0 Å². The Hall–Kier alpha value is -0.490. The van der Waals surface area contributed by atoms with Crippen LogP contribution < -0.4 is 5.32 Å². The number of aliphatic hydroxyl groups excluding tert-OH is 1. The van der Waals surface area contributed by atoms with Crippen molar-refractivity contribution in [3.8, 4) is 0 Å². The van der Waals surface area contributed by atoms with E-state index in [9.17, 15) is 5.11 Å². The largest absolute Gasteiger partial charge is 0.395 e. The van der Waals surface area contributed by atoms with Crippen molar-refractivity contribution < 1.29 is 5.11 Å². The number of aryl methyl sites for hydroxylation is 2. The average Bonchev–Trinajstić information content (AvgIpc) is 3.20. The van der Waals surface area contributed by atoms with Crippen molar-refractivity contribution in [2.24, 2.45) is 0 Å². The van der Waals surface area contributed by atoms with Crippen molar-refractivity contribution >= 4 is 11.3 Å². The fourth-order valence-electron chi connectivity index (χ4n) is 3.80. The van der Waals surface area contributed by atoms with E-state index in [4.69, 9.17) is 4.98 Å². The third-order valence-electron chi connectivity index (χ3n) is 5.27. The Kier molecular flexibility index (Phi) is 6.45. The molecule has 2 atom stereocenters. The van der Waals surface area contributed by atoms with Gasteiger partial charge in [0.15, 0.2) is 0 Å². The zero-order valence-corrected chi connectivity index (χ0v) is 15.2. The van der Waals surface area contributed by atoms with Gasteiger partial charge in [0.1, 0.15) is 5.01 Å². The normalized spacial score (nSPS) is 23.1. The zero-order valence-electron chi connectivity index (χ0n) is 14.4. The van der Waals surface area contributed by atoms with E-state index < -0.39 is 0 Å². The molecule has 1 aromatic heterocycles. The number of aromatic nitrogens is 1. The summed E-state index contributed by atoms with van der Waals surface area (Å²) in [6, 6.07) is 0.797. The maximum atomic E-state index is 9.35. The van der Waals surface area contributed by atoms with E-state index in [1.54, 1.807) is 0 Å². The van der Waals surface area contributed by atoms with Crippen LogP contribution >= 0.6 is 11.3 Å². The Morgan fingerprint density at radius 3 is 3.00 bits per heavy atom. The molecule has 1 saturated heterocycles. The Bertz CT molecular complexity index is 467. The minimum Gasteiger partial charge on any atom is -0.395 e. The molecule has 3 rings (SSSR count). The highest BCUT2D eigenvalue weighted by molar-refractivity contribution is 7.11. The molecular weight excluding hydrogens is 306 g/mol. The number of aliphatic hydroxyl groups is 1. The summed E-state index contributed by atoms with van der Waals surface area (Å²) >= 11 is 1.92. The van der Waals surface area contributed by atoms with Crippen LogP contribution in [0.2, 0.25) is 0 Å². The molecule has 2 aliphatic rings. The molecule has 2 unspecified atom stereocenters. The summed E-state index contributed by atoms with van der Waals surface area (Å²) in [7, 11) is 0. The minimum absolute atomic E-state index is 0.323. The number of fused-ring (bicyclic) bond motifs is 1. The highest BCUT2D eigenvalue weighted by Crippen LogP contribution is 2.29. The summed E-state index contributed by atoms with van der Waals surface area (Å²) in [4.78, 5) is 8.84. The van der Waals surface area contributed by atoms with Crippen LogP contribution in [0.3, 0.4) is 0 Å². The average molecular weight is 338 g/mol. The lowest BCUT2D eigenvalue weighted by Crippen LogP contribution is -2.33. The molecule has 1 aromatic rings. The molecule has 130 valence electrons. The molecule has 4 nitrogen and oxygen atoms in total. The van der Waals surface area contributed by atoms with E-state index in [2.05, 4.69) is 17.1 Å². The monoisotopic (exact) mass is 337 g/mol. The number of rotatable bonds is 8. The molecule has 0 saturated carbocycles. The van der Waals surface area contributed by atoms with Gasteiger partial charge >= 0.3 is 0 Å². The van der Waals surface area contributed by atoms with E-state index in [0.29, 0.717) is 18.7 Å². The lowest BCUT2D eigenvalue weighted by atomic mass is 10.0. The lowest BCUT2D eigenvalue weighted by molar-refractivity contribution is 0.157. The molecule has 0 radical (unpaired) electrons. The third kappa shape index (κ3) is 4.53. The number of thiazole rings is 1. The van der Waals surface area contributed by atoms with Crippen LogP contribution in [0.1, 0.15) is 67.1 Å². The zero-order chi connectivity index (χ0) is 16.1. The number of hydrogen-bond acceptors (Lipinski definition) is 5. The van der Waals surface area contributed by atoms with E-state index >= 15 is 0 Å². The summed E-state index contributed by atoms with van der Waals surface area (Å²) in [5.74, 6) is 0. The lowest BCUT2D eigenvalue weighted by Gasteiger charge is -2.22. The van der Waals surface area contributed by atoms with Gasteiger partial charge in [0.05, 0.1) is 18.3 Å². The van der Waals surface area contributed by atoms with Gasteiger partial charge in [0.25, 0.3) is 0 Å². The number of nitrogens with one attached hydrogen (secondary N) is 1. The molecule has 1 aliphatic heterocycles. The third-order valence-corrected chi connectivity index (χ3v) is 6.61. The standard InChI is InChI=1S/C18H31N3OS/c1-14(18-20-16-8-2-3-9-17(16)23-18)19-10-4-5-11-21-12-6-7-15(21)13-22/h14-15,19,22H,2-13H2,1H3. The second-order valence-corrected chi connectivity index (χ2v) is 8.14. The smallest absolute Gasteiger partial charge is 0.110 e. The van der Waals surface area contributed by atoms with E-state index in [0.717, 1.165) is 13.1 Å². The first-order chi connectivity index (χ1) is 11.3. The van der Waals surface area contributed by atoms with Crippen LogP contribution in [0.15, 0.2) is 0 Å². The predicted octanol–water partition coefficient (Wildman–Crippen LogP) is 2.91. The van der Waals surface area contributed by atoms with E-state index in [-0.39, 0.29) is 0 Å². The Morgan fingerprint density at radius 1 is 1.30 bits per heavy atom. The highest BCUT2D eigenvalue weighted by Gasteiger charge is 2.22. The fraction of sp³-hybridized carbons (Fsp3) is 0.833. The summed E-state index contributed by atoms with van der Waals surface area (Å²) < 4.78 is 0. The quantitative estimate of drug-likeness (QED) is 0.716. The topological polar surface area (TPSA) is 48.4 Å². The van der Waals surface area contributed by atoms with Crippen LogP contribution in [0.5, 0.6) is 0 Å². The van der Waals surface area contributed by atoms with Crippen molar-refractivity contribution in [2.75, 3.05) is 26.2 Å². The molecule has 1 fully saturated rings. The van der Waals surface area contributed by atoms with Gasteiger partial charge in [-0.2, -0.15) is 0 Å². The number of unbranched alkanes of at least 4 members (excludes halogenated alkanes) is 1. The van der Waals surface area contributed by atoms with E-state index in [1.165, 1.54) is 73.5 Å². The van der Waals surface area contributed by atoms with Gasteiger partial charge in [-0.05, 0) is 77.9 Å². The molecule has 0 aromatic carbocycles. The van der Waals surface area contributed by atoms with Crippen molar-refractivity contribution in [1.29, 1.82) is 0 Å².